The van der Waals surface area contributed by atoms with E-state index in [1.807, 2.05) is 13.8 Å². The van der Waals surface area contributed by atoms with E-state index >= 15 is 0 Å². The first kappa shape index (κ1) is 17.8. The van der Waals surface area contributed by atoms with Crippen molar-refractivity contribution in [2.24, 2.45) is 5.41 Å². The monoisotopic (exact) mass is 336 g/mol. The second-order valence-electron chi connectivity index (χ2n) is 5.06. The molecular formula is C13H22O2P2S2. The van der Waals surface area contributed by atoms with Gasteiger partial charge in [0, 0.05) is 16.9 Å². The van der Waals surface area contributed by atoms with E-state index in [2.05, 4.69) is 32.7 Å². The van der Waals surface area contributed by atoms with Gasteiger partial charge in [0.25, 0.3) is 0 Å². The van der Waals surface area contributed by atoms with Crippen LogP contribution in [0.4, 0.5) is 0 Å². The van der Waals surface area contributed by atoms with Crippen LogP contribution in [0.2, 0.25) is 0 Å². The molecule has 2 unspecified atom stereocenters. The van der Waals surface area contributed by atoms with E-state index in [1.54, 1.807) is 22.8 Å². The molecule has 2 nitrogen and oxygen atoms in total. The maximum Gasteiger partial charge on any atom is 0.0748 e. The fraction of sp³-hybridized carbons (Fsp3) is 0.538. The summed E-state index contributed by atoms with van der Waals surface area (Å²) in [5.74, 6) is 2.02. The van der Waals surface area contributed by atoms with Crippen LogP contribution in [0.5, 0.6) is 0 Å². The molecule has 1 aromatic rings. The van der Waals surface area contributed by atoms with E-state index < -0.39 is 0 Å². The van der Waals surface area contributed by atoms with Gasteiger partial charge < -0.3 is 9.63 Å². The predicted molar refractivity (Wildman–Crippen MR) is 93.9 cm³/mol. The van der Waals surface area contributed by atoms with Crippen molar-refractivity contribution in [3.63, 3.8) is 0 Å². The smallest absolute Gasteiger partial charge is 0.0748 e. The third-order valence-corrected chi connectivity index (χ3v) is 5.55. The topological polar surface area (TPSA) is 29.5 Å². The fourth-order valence-electron chi connectivity index (χ4n) is 1.35. The molecular weight excluding hydrogens is 314 g/mol. The molecule has 0 amide bonds. The second-order valence-corrected chi connectivity index (χ2v) is 9.08. The molecule has 0 fully saturated rings. The summed E-state index contributed by atoms with van der Waals surface area (Å²) < 4.78 is 5.63. The lowest BCUT2D eigenvalue weighted by molar-refractivity contribution is 0.107. The van der Waals surface area contributed by atoms with Crippen molar-refractivity contribution in [1.82, 2.24) is 0 Å². The Morgan fingerprint density at radius 3 is 2.47 bits per heavy atom. The average Bonchev–Trinajstić information content (AvgIpc) is 2.40. The largest absolute Gasteiger partial charge is 0.396 e. The van der Waals surface area contributed by atoms with Crippen LogP contribution in [-0.4, -0.2) is 18.3 Å². The number of hydrogen-bond donors (Lipinski definition) is 1. The van der Waals surface area contributed by atoms with Gasteiger partial charge in [-0.3, -0.25) is 0 Å². The zero-order valence-corrected chi connectivity index (χ0v) is 15.2. The minimum Gasteiger partial charge on any atom is -0.396 e. The Morgan fingerprint density at radius 2 is 1.89 bits per heavy atom. The Bertz CT molecular complexity index is 375. The molecule has 19 heavy (non-hydrogen) atoms. The van der Waals surface area contributed by atoms with E-state index in [1.165, 1.54) is 11.1 Å². The molecule has 0 aliphatic rings. The average molecular weight is 336 g/mol. The van der Waals surface area contributed by atoms with Gasteiger partial charge in [0.15, 0.2) is 0 Å². The highest BCUT2D eigenvalue weighted by Gasteiger charge is 2.16. The standard InChI is InChI=1S/C13H22O2P2S2/c1-13(2,9-14)10-15-17-19-8-12-6-4-3-5-11(12)7-18-16/h3-6,14,17H,7-10,16H2,1-2H3. The lowest BCUT2D eigenvalue weighted by atomic mass is 9.97. The molecule has 0 aromatic heterocycles. The fourth-order valence-corrected chi connectivity index (χ4v) is 4.45. The Hall–Kier alpha value is 0.700. The Balaban J connectivity index is 2.29. The molecule has 6 heteroatoms. The number of hydrogen-bond acceptors (Lipinski definition) is 4. The van der Waals surface area contributed by atoms with Gasteiger partial charge >= 0.3 is 0 Å². The predicted octanol–water partition coefficient (Wildman–Crippen LogP) is 4.49. The van der Waals surface area contributed by atoms with Crippen LogP contribution in [0.3, 0.4) is 0 Å². The number of aliphatic hydroxyl groups excluding tert-OH is 1. The molecule has 0 heterocycles. The summed E-state index contributed by atoms with van der Waals surface area (Å²) in [5.41, 5.74) is 2.65. The first-order valence-electron chi connectivity index (χ1n) is 6.07. The quantitative estimate of drug-likeness (QED) is 0.532. The Kier molecular flexibility index (Phi) is 8.97. The summed E-state index contributed by atoms with van der Waals surface area (Å²) in [6, 6.07) is 8.55. The van der Waals surface area contributed by atoms with Crippen LogP contribution in [0.1, 0.15) is 25.0 Å². The highest BCUT2D eigenvalue weighted by atomic mass is 32.7. The van der Waals surface area contributed by atoms with Crippen LogP contribution in [-0.2, 0) is 16.0 Å². The van der Waals surface area contributed by atoms with Crippen molar-refractivity contribution in [3.8, 4) is 0 Å². The number of rotatable bonds is 9. The molecule has 108 valence electrons. The molecule has 0 aliphatic heterocycles. The zero-order chi connectivity index (χ0) is 14.1. The molecule has 0 saturated heterocycles. The summed E-state index contributed by atoms with van der Waals surface area (Å²) in [5, 5.41) is 9.14. The van der Waals surface area contributed by atoms with Crippen LogP contribution in [0.25, 0.3) is 0 Å². The molecule has 0 bridgehead atoms. The van der Waals surface area contributed by atoms with Crippen molar-refractivity contribution < 1.29 is 9.63 Å². The Labute approximate surface area is 128 Å². The van der Waals surface area contributed by atoms with Crippen molar-refractivity contribution in [2.75, 3.05) is 13.2 Å². The highest BCUT2D eigenvalue weighted by molar-refractivity contribution is 8.47. The summed E-state index contributed by atoms with van der Waals surface area (Å²) in [6.45, 7) is 4.79. The maximum absolute atomic E-state index is 9.14. The third kappa shape index (κ3) is 7.32. The zero-order valence-electron chi connectivity index (χ0n) is 11.4. The van der Waals surface area contributed by atoms with Gasteiger partial charge in [-0.15, -0.1) is 22.8 Å². The molecule has 0 radical (unpaired) electrons. The van der Waals surface area contributed by atoms with Gasteiger partial charge in [-0.1, -0.05) is 46.6 Å². The number of aliphatic hydroxyl groups is 1. The lowest BCUT2D eigenvalue weighted by Gasteiger charge is -2.20. The van der Waals surface area contributed by atoms with Crippen LogP contribution < -0.4 is 0 Å². The number of benzene rings is 1. The van der Waals surface area contributed by atoms with Crippen molar-refractivity contribution >= 4 is 39.2 Å². The second kappa shape index (κ2) is 9.60. The molecule has 0 saturated carbocycles. The third-order valence-electron chi connectivity index (χ3n) is 2.59. The van der Waals surface area contributed by atoms with Gasteiger partial charge in [-0.05, 0) is 11.1 Å². The normalized spacial score (nSPS) is 12.4. The van der Waals surface area contributed by atoms with Crippen molar-refractivity contribution in [2.45, 2.75) is 25.4 Å². The van der Waals surface area contributed by atoms with Gasteiger partial charge in [0.05, 0.1) is 21.2 Å². The first-order chi connectivity index (χ1) is 9.09. The van der Waals surface area contributed by atoms with E-state index in [9.17, 15) is 0 Å². The maximum atomic E-state index is 9.14. The van der Waals surface area contributed by atoms with Gasteiger partial charge in [0.1, 0.15) is 0 Å². The SMILES string of the molecule is CC(C)(CO)COPSCc1ccccc1CSP. The van der Waals surface area contributed by atoms with Crippen LogP contribution in [0, 0.1) is 5.41 Å². The van der Waals surface area contributed by atoms with Crippen molar-refractivity contribution in [1.29, 1.82) is 0 Å². The van der Waals surface area contributed by atoms with Gasteiger partial charge in [-0.2, -0.15) is 0 Å². The highest BCUT2D eigenvalue weighted by Crippen LogP contribution is 2.36. The van der Waals surface area contributed by atoms with Crippen molar-refractivity contribution in [3.05, 3.63) is 35.4 Å². The lowest BCUT2D eigenvalue weighted by Crippen LogP contribution is -2.21. The minimum absolute atomic E-state index is 0.137. The summed E-state index contributed by atoms with van der Waals surface area (Å²) in [4.78, 5) is 0. The molecule has 2 atom stereocenters. The molecule has 1 rings (SSSR count). The van der Waals surface area contributed by atoms with Gasteiger partial charge in [-0.25, -0.2) is 0 Å². The van der Waals surface area contributed by atoms with E-state index in [0.29, 0.717) is 14.6 Å². The van der Waals surface area contributed by atoms with E-state index in [-0.39, 0.29) is 12.0 Å². The minimum atomic E-state index is -0.137. The van der Waals surface area contributed by atoms with E-state index in [0.717, 1.165) is 11.5 Å². The molecule has 0 aliphatic carbocycles. The Morgan fingerprint density at radius 1 is 1.26 bits per heavy atom. The molecule has 1 aromatic carbocycles. The van der Waals surface area contributed by atoms with Gasteiger partial charge in [0.2, 0.25) is 0 Å². The first-order valence-corrected chi connectivity index (χ1v) is 11.1. The summed E-state index contributed by atoms with van der Waals surface area (Å²) in [7, 11) is 3.12. The van der Waals surface area contributed by atoms with Crippen LogP contribution >= 0.6 is 39.2 Å². The van der Waals surface area contributed by atoms with E-state index in [4.69, 9.17) is 9.63 Å². The summed E-state index contributed by atoms with van der Waals surface area (Å²) >= 11 is 3.58. The molecule has 0 spiro atoms. The summed E-state index contributed by atoms with van der Waals surface area (Å²) in [6.07, 6.45) is 0. The molecule has 1 N–H and O–H groups in total. The van der Waals surface area contributed by atoms with Crippen LogP contribution in [0.15, 0.2) is 24.3 Å².